The molecule has 3 heterocycles. The molecule has 1 N–H and O–H groups in total. The molecule has 1 saturated heterocycles. The van der Waals surface area contributed by atoms with Crippen molar-refractivity contribution in [2.24, 2.45) is 0 Å². The Balaban J connectivity index is 1.56. The molecule has 0 amide bonds. The molecule has 10 heteroatoms. The quantitative estimate of drug-likeness (QED) is 0.652. The number of rotatable bonds is 5. The van der Waals surface area contributed by atoms with Gasteiger partial charge in [-0.25, -0.2) is 4.79 Å². The number of carbonyl (C=O) groups excluding carboxylic acids is 2. The van der Waals surface area contributed by atoms with Gasteiger partial charge in [0.25, 0.3) is 0 Å². The summed E-state index contributed by atoms with van der Waals surface area (Å²) < 4.78 is 41.4. The zero-order valence-electron chi connectivity index (χ0n) is 18.5. The summed E-state index contributed by atoms with van der Waals surface area (Å²) >= 11 is 0. The molecule has 0 unspecified atom stereocenters. The lowest BCUT2D eigenvalue weighted by molar-refractivity contribution is -0.198. The monoisotopic (exact) mass is 463 g/mol. The molecule has 0 aromatic heterocycles. The van der Waals surface area contributed by atoms with E-state index in [9.17, 15) is 19.1 Å². The molecule has 1 aliphatic carbocycles. The first-order valence-electron chi connectivity index (χ1n) is 10.9. The fourth-order valence-electron chi connectivity index (χ4n) is 5.64. The minimum Gasteiger partial charge on any atom is -0.497 e. The molecule has 4 aliphatic rings. The Kier molecular flexibility index (Phi) is 5.24. The number of carbonyl (C=O) groups is 2. The molecule has 33 heavy (non-hydrogen) atoms. The van der Waals surface area contributed by atoms with Crippen molar-refractivity contribution < 1.29 is 42.8 Å². The third kappa shape index (κ3) is 3.43. The summed E-state index contributed by atoms with van der Waals surface area (Å²) in [6.07, 6.45) is 2.29. The highest BCUT2D eigenvalue weighted by Crippen LogP contribution is 2.55. The molecule has 1 aromatic rings. The Morgan fingerprint density at radius 2 is 2.03 bits per heavy atom. The third-order valence-electron chi connectivity index (χ3n) is 7.12. The number of hydrogen-bond donors (Lipinski definition) is 1. The summed E-state index contributed by atoms with van der Waals surface area (Å²) in [5.74, 6) is -4.95. The van der Waals surface area contributed by atoms with Gasteiger partial charge in [-0.3, -0.25) is 9.69 Å². The number of methoxy groups -OCH3 is 2. The molecule has 0 saturated carbocycles. The lowest BCUT2D eigenvalue weighted by Gasteiger charge is -2.39. The van der Waals surface area contributed by atoms with E-state index in [0.717, 1.165) is 50.6 Å². The van der Waals surface area contributed by atoms with Crippen LogP contribution in [0.15, 0.2) is 24.0 Å². The van der Waals surface area contributed by atoms with Crippen molar-refractivity contribution in [3.05, 3.63) is 35.1 Å². The van der Waals surface area contributed by atoms with Crippen LogP contribution in [-0.4, -0.2) is 73.5 Å². The molecule has 9 nitrogen and oxygen atoms in total. The molecular weight excluding hydrogens is 437 g/mol. The van der Waals surface area contributed by atoms with Gasteiger partial charge in [-0.15, -0.1) is 0 Å². The highest BCUT2D eigenvalue weighted by molar-refractivity contribution is 5.84. The predicted molar refractivity (Wildman–Crippen MR) is 110 cm³/mol. The average molecular weight is 463 g/mol. The van der Waals surface area contributed by atoms with Gasteiger partial charge in [-0.1, -0.05) is 0 Å². The topological polar surface area (TPSA) is 104 Å². The Morgan fingerprint density at radius 1 is 1.27 bits per heavy atom. The summed E-state index contributed by atoms with van der Waals surface area (Å²) in [4.78, 5) is 26.5. The van der Waals surface area contributed by atoms with Crippen LogP contribution in [0.4, 0.5) is 4.39 Å². The van der Waals surface area contributed by atoms with Crippen LogP contribution in [0.3, 0.4) is 0 Å². The van der Waals surface area contributed by atoms with Crippen LogP contribution >= 0.6 is 0 Å². The van der Waals surface area contributed by atoms with E-state index in [0.29, 0.717) is 17.3 Å². The van der Waals surface area contributed by atoms with Crippen molar-refractivity contribution in [2.45, 2.75) is 49.1 Å². The summed E-state index contributed by atoms with van der Waals surface area (Å²) in [7, 11) is 2.50. The molecule has 5 rings (SSSR count). The van der Waals surface area contributed by atoms with E-state index in [-0.39, 0.29) is 6.79 Å². The van der Waals surface area contributed by atoms with Crippen LogP contribution in [0.5, 0.6) is 11.5 Å². The van der Waals surface area contributed by atoms with Crippen LogP contribution in [0, 0.1) is 0 Å². The van der Waals surface area contributed by atoms with Crippen LogP contribution < -0.4 is 9.47 Å². The number of alkyl halides is 1. The van der Waals surface area contributed by atoms with Crippen LogP contribution in [0.25, 0.3) is 0 Å². The number of ether oxygens (including phenoxy) is 5. The van der Waals surface area contributed by atoms with E-state index >= 15 is 0 Å². The Hall–Kier alpha value is -2.85. The fourth-order valence-corrected chi connectivity index (χ4v) is 5.64. The second-order valence-electron chi connectivity index (χ2n) is 8.80. The number of halogens is 1. The molecule has 1 spiro atoms. The summed E-state index contributed by atoms with van der Waals surface area (Å²) in [6.45, 7) is 1.77. The number of esters is 2. The minimum absolute atomic E-state index is 0.128. The molecule has 4 atom stereocenters. The molecule has 178 valence electrons. The molecular formula is C23H26FNO8. The van der Waals surface area contributed by atoms with Crippen LogP contribution in [0.1, 0.15) is 36.3 Å². The molecule has 1 fully saturated rings. The Bertz CT molecular complexity index is 1020. The summed E-state index contributed by atoms with van der Waals surface area (Å²) in [6, 6.07) is 3.84. The van der Waals surface area contributed by atoms with Crippen molar-refractivity contribution in [3.63, 3.8) is 0 Å². The van der Waals surface area contributed by atoms with Gasteiger partial charge in [0.15, 0.2) is 17.6 Å². The van der Waals surface area contributed by atoms with Crippen LogP contribution in [-0.2, 0) is 30.2 Å². The third-order valence-corrected chi connectivity index (χ3v) is 7.12. The zero-order chi connectivity index (χ0) is 23.4. The van der Waals surface area contributed by atoms with E-state index < -0.39 is 41.8 Å². The standard InChI is InChI=1S/C23H26FNO8/c1-29-17-10-22-5-3-6-25(22)7-4-13-8-15-16(32-12-31-15)9-14(13)19(22)20(17)33-21(27)23(24,28)11-18(26)30-2/h8-10,19-20,28H,3-7,11-12H2,1-2H3/t19-,20-,22+,23-/m1/s1. The van der Waals surface area contributed by atoms with Gasteiger partial charge in [-0.05, 0) is 55.1 Å². The largest absolute Gasteiger partial charge is 0.497 e. The van der Waals surface area contributed by atoms with Crippen molar-refractivity contribution in [3.8, 4) is 11.5 Å². The molecule has 3 aliphatic heterocycles. The molecule has 0 radical (unpaired) electrons. The maximum absolute atomic E-state index is 14.7. The van der Waals surface area contributed by atoms with Crippen molar-refractivity contribution >= 4 is 11.9 Å². The predicted octanol–water partition coefficient (Wildman–Crippen LogP) is 1.57. The van der Waals surface area contributed by atoms with Gasteiger partial charge in [0.1, 0.15) is 12.2 Å². The van der Waals surface area contributed by atoms with Crippen LogP contribution in [0.2, 0.25) is 0 Å². The van der Waals surface area contributed by atoms with E-state index in [1.165, 1.54) is 7.11 Å². The lowest BCUT2D eigenvalue weighted by Crippen LogP contribution is -2.48. The maximum atomic E-state index is 14.7. The van der Waals surface area contributed by atoms with E-state index in [1.807, 2.05) is 18.2 Å². The van der Waals surface area contributed by atoms with Gasteiger partial charge in [0.05, 0.1) is 25.7 Å². The van der Waals surface area contributed by atoms with Crippen molar-refractivity contribution in [1.82, 2.24) is 4.90 Å². The smallest absolute Gasteiger partial charge is 0.373 e. The second kappa shape index (κ2) is 7.88. The van der Waals surface area contributed by atoms with E-state index in [2.05, 4.69) is 9.64 Å². The van der Waals surface area contributed by atoms with Gasteiger partial charge < -0.3 is 28.8 Å². The number of hydrogen-bond acceptors (Lipinski definition) is 9. The van der Waals surface area contributed by atoms with Gasteiger partial charge >= 0.3 is 17.8 Å². The van der Waals surface area contributed by atoms with Gasteiger partial charge in [0, 0.05) is 6.54 Å². The van der Waals surface area contributed by atoms with Crippen molar-refractivity contribution in [2.75, 3.05) is 34.1 Å². The molecule has 1 aromatic carbocycles. The number of aliphatic hydroxyl groups is 1. The van der Waals surface area contributed by atoms with E-state index in [1.54, 1.807) is 0 Å². The van der Waals surface area contributed by atoms with E-state index in [4.69, 9.17) is 18.9 Å². The summed E-state index contributed by atoms with van der Waals surface area (Å²) in [5, 5.41) is 10.0. The van der Waals surface area contributed by atoms with Gasteiger partial charge in [0.2, 0.25) is 6.79 Å². The van der Waals surface area contributed by atoms with Crippen molar-refractivity contribution in [1.29, 1.82) is 0 Å². The Morgan fingerprint density at radius 3 is 2.76 bits per heavy atom. The highest BCUT2D eigenvalue weighted by Gasteiger charge is 2.59. The molecule has 0 bridgehead atoms. The maximum Gasteiger partial charge on any atom is 0.373 e. The normalized spacial score (nSPS) is 29.2. The zero-order valence-corrected chi connectivity index (χ0v) is 18.5. The van der Waals surface area contributed by atoms with Gasteiger partial charge in [-0.2, -0.15) is 4.39 Å². The lowest BCUT2D eigenvalue weighted by atomic mass is 9.77. The second-order valence-corrected chi connectivity index (χ2v) is 8.80. The number of nitrogens with zero attached hydrogens (tertiary/aromatic N) is 1. The fraction of sp³-hybridized carbons (Fsp3) is 0.565. The first kappa shape index (κ1) is 22.0. The first-order chi connectivity index (χ1) is 15.8. The number of fused-ring (bicyclic) bond motifs is 3. The number of benzene rings is 1. The Labute approximate surface area is 190 Å². The highest BCUT2D eigenvalue weighted by atomic mass is 19.2. The average Bonchev–Trinajstić information content (AvgIpc) is 3.47. The minimum atomic E-state index is -3.53. The first-order valence-corrected chi connectivity index (χ1v) is 10.9. The SMILES string of the molecule is COC(=O)C[C@](O)(F)C(=O)O[C@@H]1C(OC)=C[C@]23CCCN2CCc2cc4c(cc2[C@H]13)OCO4. The summed E-state index contributed by atoms with van der Waals surface area (Å²) in [5.41, 5.74) is 1.43.